The van der Waals surface area contributed by atoms with Gasteiger partial charge in [0, 0.05) is 25.7 Å². The second-order valence-electron chi connectivity index (χ2n) is 4.13. The first kappa shape index (κ1) is 14.0. The highest BCUT2D eigenvalue weighted by Gasteiger charge is 2.10. The zero-order valence-corrected chi connectivity index (χ0v) is 10.6. The monoisotopic (exact) mass is 250 g/mol. The summed E-state index contributed by atoms with van der Waals surface area (Å²) in [6.45, 7) is 4.23. The van der Waals surface area contributed by atoms with Gasteiger partial charge in [0.2, 0.25) is 5.91 Å². The van der Waals surface area contributed by atoms with E-state index in [0.717, 1.165) is 11.3 Å². The summed E-state index contributed by atoms with van der Waals surface area (Å²) in [6, 6.07) is 7.63. The lowest BCUT2D eigenvalue weighted by atomic mass is 10.2. The van der Waals surface area contributed by atoms with Crippen LogP contribution in [0.2, 0.25) is 0 Å². The highest BCUT2D eigenvalue weighted by atomic mass is 16.4. The Bertz CT molecular complexity index is 415. The number of aliphatic carboxylic acids is 1. The molecule has 1 rings (SSSR count). The molecule has 2 N–H and O–H groups in total. The number of nitrogens with one attached hydrogen (secondary N) is 1. The van der Waals surface area contributed by atoms with Crippen LogP contribution in [0.5, 0.6) is 0 Å². The fraction of sp³-hybridized carbons (Fsp3) is 0.385. The van der Waals surface area contributed by atoms with Gasteiger partial charge >= 0.3 is 5.97 Å². The largest absolute Gasteiger partial charge is 0.480 e. The molecule has 0 atom stereocenters. The third kappa shape index (κ3) is 4.86. The predicted octanol–water partition coefficient (Wildman–Crippen LogP) is 1.02. The van der Waals surface area contributed by atoms with E-state index in [2.05, 4.69) is 5.32 Å². The van der Waals surface area contributed by atoms with Crippen molar-refractivity contribution in [3.63, 3.8) is 0 Å². The van der Waals surface area contributed by atoms with Crippen LogP contribution in [0.4, 0.5) is 5.69 Å². The summed E-state index contributed by atoms with van der Waals surface area (Å²) in [6.07, 6.45) is 0. The van der Waals surface area contributed by atoms with Crippen LogP contribution < -0.4 is 10.2 Å². The summed E-state index contributed by atoms with van der Waals surface area (Å²) >= 11 is 0. The lowest BCUT2D eigenvalue weighted by molar-refractivity contribution is -0.135. The molecule has 98 valence electrons. The number of aryl methyl sites for hydroxylation is 1. The highest BCUT2D eigenvalue weighted by molar-refractivity contribution is 5.74. The summed E-state index contributed by atoms with van der Waals surface area (Å²) in [4.78, 5) is 23.3. The van der Waals surface area contributed by atoms with Crippen LogP contribution in [0.1, 0.15) is 12.5 Å². The number of carboxylic acids is 1. The molecule has 0 unspecified atom stereocenters. The van der Waals surface area contributed by atoms with Crippen LogP contribution in [-0.4, -0.2) is 36.6 Å². The first-order valence-corrected chi connectivity index (χ1v) is 5.77. The van der Waals surface area contributed by atoms with E-state index < -0.39 is 5.97 Å². The Morgan fingerprint density at radius 1 is 1.28 bits per heavy atom. The molecule has 0 spiro atoms. The summed E-state index contributed by atoms with van der Waals surface area (Å²) in [5.41, 5.74) is 1.96. The Morgan fingerprint density at radius 3 is 2.39 bits per heavy atom. The Labute approximate surface area is 106 Å². The maximum absolute atomic E-state index is 10.8. The normalized spacial score (nSPS) is 9.89. The topological polar surface area (TPSA) is 69.6 Å². The van der Waals surface area contributed by atoms with E-state index >= 15 is 0 Å². The fourth-order valence-corrected chi connectivity index (χ4v) is 1.59. The number of carbonyl (C=O) groups excluding carboxylic acids is 1. The minimum absolute atomic E-state index is 0.0807. The molecule has 0 aromatic heterocycles. The smallest absolute Gasteiger partial charge is 0.323 e. The van der Waals surface area contributed by atoms with Gasteiger partial charge in [-0.25, -0.2) is 0 Å². The Hall–Kier alpha value is -2.04. The number of amides is 1. The van der Waals surface area contributed by atoms with Crippen molar-refractivity contribution in [3.05, 3.63) is 29.8 Å². The zero-order valence-electron chi connectivity index (χ0n) is 10.6. The molecule has 1 amide bonds. The van der Waals surface area contributed by atoms with Crippen molar-refractivity contribution < 1.29 is 14.7 Å². The van der Waals surface area contributed by atoms with Crippen LogP contribution in [0.25, 0.3) is 0 Å². The number of hydrogen-bond acceptors (Lipinski definition) is 3. The van der Waals surface area contributed by atoms with Gasteiger partial charge in [-0.2, -0.15) is 0 Å². The summed E-state index contributed by atoms with van der Waals surface area (Å²) < 4.78 is 0. The van der Waals surface area contributed by atoms with Crippen LogP contribution >= 0.6 is 0 Å². The third-order valence-corrected chi connectivity index (χ3v) is 2.48. The van der Waals surface area contributed by atoms with Crippen molar-refractivity contribution in [1.82, 2.24) is 5.32 Å². The third-order valence-electron chi connectivity index (χ3n) is 2.48. The van der Waals surface area contributed by atoms with Crippen LogP contribution in [-0.2, 0) is 9.59 Å². The van der Waals surface area contributed by atoms with Gasteiger partial charge in [-0.05, 0) is 19.1 Å². The van der Waals surface area contributed by atoms with Crippen molar-refractivity contribution in [2.75, 3.05) is 24.5 Å². The van der Waals surface area contributed by atoms with E-state index in [4.69, 9.17) is 5.11 Å². The van der Waals surface area contributed by atoms with Gasteiger partial charge in [0.25, 0.3) is 0 Å². The fourth-order valence-electron chi connectivity index (χ4n) is 1.59. The number of anilines is 1. The molecule has 0 aliphatic carbocycles. The van der Waals surface area contributed by atoms with Crippen LogP contribution in [0.15, 0.2) is 24.3 Å². The van der Waals surface area contributed by atoms with Crippen molar-refractivity contribution in [2.24, 2.45) is 0 Å². The Morgan fingerprint density at radius 2 is 1.89 bits per heavy atom. The molecular weight excluding hydrogens is 232 g/mol. The number of hydrogen-bond donors (Lipinski definition) is 2. The van der Waals surface area contributed by atoms with Gasteiger partial charge in [-0.15, -0.1) is 0 Å². The second kappa shape index (κ2) is 6.64. The number of nitrogens with zero attached hydrogens (tertiary/aromatic N) is 1. The molecule has 18 heavy (non-hydrogen) atoms. The molecule has 0 radical (unpaired) electrons. The molecule has 0 aliphatic rings. The maximum Gasteiger partial charge on any atom is 0.323 e. The Balaban J connectivity index is 2.68. The SMILES string of the molecule is CC(=O)NCCN(CC(=O)O)c1ccc(C)cc1. The van der Waals surface area contributed by atoms with E-state index in [-0.39, 0.29) is 12.5 Å². The summed E-state index contributed by atoms with van der Waals surface area (Å²) in [7, 11) is 0. The van der Waals surface area contributed by atoms with Gasteiger partial charge in [0.15, 0.2) is 0 Å². The molecule has 0 heterocycles. The molecule has 1 aromatic carbocycles. The predicted molar refractivity (Wildman–Crippen MR) is 69.7 cm³/mol. The maximum atomic E-state index is 10.8. The second-order valence-corrected chi connectivity index (χ2v) is 4.13. The quantitative estimate of drug-likeness (QED) is 0.791. The van der Waals surface area contributed by atoms with Crippen molar-refractivity contribution in [3.8, 4) is 0 Å². The number of carbonyl (C=O) groups is 2. The molecule has 5 nitrogen and oxygen atoms in total. The summed E-state index contributed by atoms with van der Waals surface area (Å²) in [5.74, 6) is -1.01. The van der Waals surface area contributed by atoms with Gasteiger partial charge in [-0.1, -0.05) is 17.7 Å². The van der Waals surface area contributed by atoms with E-state index in [1.165, 1.54) is 6.92 Å². The zero-order chi connectivity index (χ0) is 13.5. The number of rotatable bonds is 6. The average Bonchev–Trinajstić information content (AvgIpc) is 2.28. The molecule has 0 bridgehead atoms. The molecule has 1 aromatic rings. The molecule has 5 heteroatoms. The standard InChI is InChI=1S/C13H18N2O3/c1-10-3-5-12(6-4-10)15(9-13(17)18)8-7-14-11(2)16/h3-6H,7-9H2,1-2H3,(H,14,16)(H,17,18). The van der Waals surface area contributed by atoms with Crippen molar-refractivity contribution in [2.45, 2.75) is 13.8 Å². The minimum Gasteiger partial charge on any atom is -0.480 e. The van der Waals surface area contributed by atoms with Gasteiger partial charge in [0.1, 0.15) is 6.54 Å². The molecule has 0 fully saturated rings. The van der Waals surface area contributed by atoms with Gasteiger partial charge < -0.3 is 15.3 Å². The highest BCUT2D eigenvalue weighted by Crippen LogP contribution is 2.14. The average molecular weight is 250 g/mol. The van der Waals surface area contributed by atoms with Crippen molar-refractivity contribution in [1.29, 1.82) is 0 Å². The van der Waals surface area contributed by atoms with Crippen molar-refractivity contribution >= 4 is 17.6 Å². The van der Waals surface area contributed by atoms with E-state index in [1.54, 1.807) is 4.90 Å². The minimum atomic E-state index is -0.890. The van der Waals surface area contributed by atoms with E-state index in [9.17, 15) is 9.59 Å². The molecular formula is C13H18N2O3. The van der Waals surface area contributed by atoms with Crippen LogP contribution in [0.3, 0.4) is 0 Å². The first-order valence-electron chi connectivity index (χ1n) is 5.77. The number of benzene rings is 1. The first-order chi connectivity index (χ1) is 8.49. The lowest BCUT2D eigenvalue weighted by Crippen LogP contribution is -2.37. The Kier molecular flexibility index (Phi) is 5.17. The van der Waals surface area contributed by atoms with E-state index in [0.29, 0.717) is 13.1 Å². The summed E-state index contributed by atoms with van der Waals surface area (Å²) in [5, 5.41) is 11.5. The molecule has 0 saturated carbocycles. The molecule has 0 saturated heterocycles. The molecule has 0 aliphatic heterocycles. The number of carboxylic acid groups (broad SMARTS) is 1. The van der Waals surface area contributed by atoms with E-state index in [1.807, 2.05) is 31.2 Å². The van der Waals surface area contributed by atoms with Crippen LogP contribution in [0, 0.1) is 6.92 Å². The van der Waals surface area contributed by atoms with Gasteiger partial charge in [0.05, 0.1) is 0 Å². The van der Waals surface area contributed by atoms with Gasteiger partial charge in [-0.3, -0.25) is 9.59 Å². The lowest BCUT2D eigenvalue weighted by Gasteiger charge is -2.23.